The fourth-order valence-electron chi connectivity index (χ4n) is 5.40. The summed E-state index contributed by atoms with van der Waals surface area (Å²) in [4.78, 5) is 26.7. The molecular formula is C30H30F2N2O6S. The second-order valence-corrected chi connectivity index (χ2v) is 13.5. The molecule has 2 fully saturated rings. The van der Waals surface area contributed by atoms with Crippen LogP contribution in [0.15, 0.2) is 46.9 Å². The van der Waals surface area contributed by atoms with Gasteiger partial charge in [-0.15, -0.1) is 0 Å². The number of benzene rings is 2. The van der Waals surface area contributed by atoms with E-state index in [4.69, 9.17) is 9.15 Å². The van der Waals surface area contributed by atoms with Crippen molar-refractivity contribution in [2.75, 3.05) is 13.4 Å². The number of hydrogen-bond acceptors (Lipinski definition) is 7. The zero-order valence-electron chi connectivity index (χ0n) is 22.8. The van der Waals surface area contributed by atoms with E-state index in [9.17, 15) is 32.0 Å². The zero-order valence-corrected chi connectivity index (χ0v) is 23.6. The molecule has 5 rings (SSSR count). The Morgan fingerprint density at radius 3 is 2.29 bits per heavy atom. The van der Waals surface area contributed by atoms with Gasteiger partial charge < -0.3 is 14.5 Å². The Morgan fingerprint density at radius 1 is 1.02 bits per heavy atom. The lowest BCUT2D eigenvalue weighted by molar-refractivity contribution is -0.131. The molecule has 1 N–H and O–H groups in total. The van der Waals surface area contributed by atoms with E-state index in [1.54, 1.807) is 30.3 Å². The number of furan rings is 1. The van der Waals surface area contributed by atoms with Crippen LogP contribution in [0.4, 0.5) is 8.78 Å². The molecule has 11 heteroatoms. The number of ketones is 1. The summed E-state index contributed by atoms with van der Waals surface area (Å²) in [5.41, 5.74) is 0.139. The predicted octanol–water partition coefficient (Wildman–Crippen LogP) is 5.59. The van der Waals surface area contributed by atoms with E-state index in [0.717, 1.165) is 17.4 Å². The van der Waals surface area contributed by atoms with E-state index in [0.29, 0.717) is 35.1 Å². The topological polar surface area (TPSA) is 126 Å². The monoisotopic (exact) mass is 584 g/mol. The first-order valence-electron chi connectivity index (χ1n) is 13.3. The van der Waals surface area contributed by atoms with Crippen LogP contribution >= 0.6 is 0 Å². The van der Waals surface area contributed by atoms with Gasteiger partial charge in [-0.2, -0.15) is 5.26 Å². The number of halogens is 2. The summed E-state index contributed by atoms with van der Waals surface area (Å²) < 4.78 is 62.8. The Labute approximate surface area is 236 Å². The summed E-state index contributed by atoms with van der Waals surface area (Å²) in [6.07, 6.45) is 0.729. The highest BCUT2D eigenvalue weighted by atomic mass is 32.2. The smallest absolute Gasteiger partial charge is 0.287 e. The fourth-order valence-corrected chi connectivity index (χ4v) is 6.20. The van der Waals surface area contributed by atoms with Gasteiger partial charge in [-0.25, -0.2) is 17.2 Å². The summed E-state index contributed by atoms with van der Waals surface area (Å²) in [5, 5.41) is 12.8. The van der Waals surface area contributed by atoms with Gasteiger partial charge in [0.15, 0.2) is 21.4 Å². The number of nitriles is 1. The van der Waals surface area contributed by atoms with Crippen LogP contribution in [0.25, 0.3) is 22.1 Å². The second-order valence-electron chi connectivity index (χ2n) is 11.3. The highest BCUT2D eigenvalue weighted by Gasteiger charge is 2.53. The SMILES string of the molecule is COc1cc(-c2ccc3cc(C(=O)NC4(C(=O)CC5(C#N)CC5)CCC(F)(F)CC4)oc3c2)ccc1CS(C)(=O)=O. The third kappa shape index (κ3) is 6.12. The molecule has 0 atom stereocenters. The molecule has 2 aliphatic carbocycles. The van der Waals surface area contributed by atoms with Crippen molar-refractivity contribution < 1.29 is 35.9 Å². The van der Waals surface area contributed by atoms with Gasteiger partial charge in [0.1, 0.15) is 11.3 Å². The lowest BCUT2D eigenvalue weighted by Gasteiger charge is -2.39. The van der Waals surface area contributed by atoms with Gasteiger partial charge in [-0.1, -0.05) is 24.3 Å². The van der Waals surface area contributed by atoms with E-state index in [2.05, 4.69) is 11.4 Å². The maximum atomic E-state index is 14.0. The minimum absolute atomic E-state index is 0.0656. The molecular weight excluding hydrogens is 554 g/mol. The number of nitrogens with zero attached hydrogens (tertiary/aromatic N) is 1. The number of amides is 1. The average molecular weight is 585 g/mol. The Bertz CT molecular complexity index is 1670. The molecule has 0 radical (unpaired) electrons. The highest BCUT2D eigenvalue weighted by molar-refractivity contribution is 7.89. The minimum atomic E-state index is -3.26. The zero-order chi connectivity index (χ0) is 29.6. The first-order valence-corrected chi connectivity index (χ1v) is 15.4. The van der Waals surface area contributed by atoms with E-state index < -0.39 is 51.2 Å². The molecule has 3 aromatic rings. The van der Waals surface area contributed by atoms with Crippen molar-refractivity contribution in [3.8, 4) is 22.9 Å². The molecule has 0 spiro atoms. The number of Topliss-reactive ketones (excluding diaryl/α,β-unsaturated/α-hetero) is 1. The van der Waals surface area contributed by atoms with Gasteiger partial charge in [0, 0.05) is 36.5 Å². The van der Waals surface area contributed by atoms with Crippen molar-refractivity contribution in [1.82, 2.24) is 5.32 Å². The van der Waals surface area contributed by atoms with Crippen molar-refractivity contribution in [2.24, 2.45) is 5.41 Å². The van der Waals surface area contributed by atoms with Gasteiger partial charge in [-0.05, 0) is 55.0 Å². The van der Waals surface area contributed by atoms with Crippen molar-refractivity contribution in [3.05, 3.63) is 53.8 Å². The van der Waals surface area contributed by atoms with Crippen molar-refractivity contribution in [3.63, 3.8) is 0 Å². The van der Waals surface area contributed by atoms with E-state index in [1.807, 2.05) is 6.07 Å². The average Bonchev–Trinajstić information content (AvgIpc) is 3.56. The molecule has 0 aliphatic heterocycles. The number of fused-ring (bicyclic) bond motifs is 1. The molecule has 2 saturated carbocycles. The summed E-state index contributed by atoms with van der Waals surface area (Å²) in [6, 6.07) is 14.2. The van der Waals surface area contributed by atoms with Crippen LogP contribution in [0.3, 0.4) is 0 Å². The van der Waals surface area contributed by atoms with Gasteiger partial charge in [0.05, 0.1) is 29.9 Å². The Kier molecular flexibility index (Phi) is 7.18. The molecule has 1 heterocycles. The number of alkyl halides is 2. The molecule has 0 bridgehead atoms. The summed E-state index contributed by atoms with van der Waals surface area (Å²) in [7, 11) is -1.80. The third-order valence-electron chi connectivity index (χ3n) is 8.09. The van der Waals surface area contributed by atoms with Crippen molar-refractivity contribution in [1.29, 1.82) is 5.26 Å². The molecule has 41 heavy (non-hydrogen) atoms. The lowest BCUT2D eigenvalue weighted by Crippen LogP contribution is -2.58. The van der Waals surface area contributed by atoms with E-state index in [1.165, 1.54) is 13.2 Å². The number of sulfone groups is 1. The largest absolute Gasteiger partial charge is 0.496 e. The Balaban J connectivity index is 1.40. The second kappa shape index (κ2) is 10.2. The molecule has 2 aromatic carbocycles. The van der Waals surface area contributed by atoms with Crippen LogP contribution in [-0.2, 0) is 20.4 Å². The van der Waals surface area contributed by atoms with E-state index >= 15 is 0 Å². The van der Waals surface area contributed by atoms with Gasteiger partial charge in [-0.3, -0.25) is 9.59 Å². The van der Waals surface area contributed by atoms with Crippen LogP contribution in [-0.4, -0.2) is 44.9 Å². The number of carbonyl (C=O) groups is 2. The highest BCUT2D eigenvalue weighted by Crippen LogP contribution is 2.50. The Morgan fingerprint density at radius 2 is 1.68 bits per heavy atom. The van der Waals surface area contributed by atoms with Crippen LogP contribution in [0.1, 0.15) is 61.1 Å². The first kappa shape index (κ1) is 28.7. The quantitative estimate of drug-likeness (QED) is 0.347. The normalized spacial score (nSPS) is 18.8. The standard InChI is InChI=1S/C30H30F2N2O6S/c1-39-23-13-19(4-6-22(23)17-41(2,37)38)20-3-5-21-15-25(40-24(21)14-20)27(36)34-29(9-11-30(31,32)12-10-29)26(35)16-28(18-33)7-8-28/h3-6,13-15H,7-12,16-17H2,1-2H3,(H,34,36). The molecule has 2 aliphatic rings. The molecule has 0 saturated heterocycles. The lowest BCUT2D eigenvalue weighted by atomic mass is 9.74. The number of nitrogens with one attached hydrogen (secondary N) is 1. The summed E-state index contributed by atoms with van der Waals surface area (Å²) >= 11 is 0. The first-order chi connectivity index (χ1) is 19.3. The number of hydrogen-bond donors (Lipinski definition) is 1. The minimum Gasteiger partial charge on any atom is -0.496 e. The van der Waals surface area contributed by atoms with Crippen molar-refractivity contribution >= 4 is 32.5 Å². The summed E-state index contributed by atoms with van der Waals surface area (Å²) in [6.45, 7) is 0. The van der Waals surface area contributed by atoms with Crippen LogP contribution < -0.4 is 10.1 Å². The maximum Gasteiger partial charge on any atom is 0.287 e. The number of ether oxygens (including phenoxy) is 1. The van der Waals surface area contributed by atoms with Crippen LogP contribution in [0.5, 0.6) is 5.75 Å². The number of methoxy groups -OCH3 is 1. The van der Waals surface area contributed by atoms with Gasteiger partial charge in [0.2, 0.25) is 5.92 Å². The van der Waals surface area contributed by atoms with Crippen molar-refractivity contribution in [2.45, 2.75) is 62.2 Å². The Hall–Kier alpha value is -3.78. The molecule has 8 nitrogen and oxygen atoms in total. The van der Waals surface area contributed by atoms with E-state index in [-0.39, 0.29) is 30.8 Å². The molecule has 1 amide bonds. The third-order valence-corrected chi connectivity index (χ3v) is 8.93. The molecule has 1 aromatic heterocycles. The van der Waals surface area contributed by atoms with Crippen LogP contribution in [0.2, 0.25) is 0 Å². The molecule has 216 valence electrons. The number of carbonyl (C=O) groups excluding carboxylic acids is 2. The number of rotatable bonds is 9. The summed E-state index contributed by atoms with van der Waals surface area (Å²) in [5.74, 6) is -3.80. The van der Waals surface area contributed by atoms with Crippen LogP contribution in [0, 0.1) is 16.7 Å². The fraction of sp³-hybridized carbons (Fsp3) is 0.433. The maximum absolute atomic E-state index is 14.0. The predicted molar refractivity (Wildman–Crippen MR) is 147 cm³/mol. The van der Waals surface area contributed by atoms with Gasteiger partial charge in [0.25, 0.3) is 5.91 Å². The van der Waals surface area contributed by atoms with Gasteiger partial charge >= 0.3 is 0 Å². The molecule has 0 unspecified atom stereocenters.